The summed E-state index contributed by atoms with van der Waals surface area (Å²) in [5, 5.41) is 10.9. The summed E-state index contributed by atoms with van der Waals surface area (Å²) < 4.78 is 0. The predicted octanol–water partition coefficient (Wildman–Crippen LogP) is 3.33. The smallest absolute Gasteiger partial charge is 0.161 e. The highest BCUT2D eigenvalue weighted by Crippen LogP contribution is 2.30. The van der Waals surface area contributed by atoms with Crippen molar-refractivity contribution in [3.05, 3.63) is 60.7 Å². The maximum Gasteiger partial charge on any atom is 0.161 e. The van der Waals surface area contributed by atoms with Gasteiger partial charge in [-0.2, -0.15) is 5.10 Å². The van der Waals surface area contributed by atoms with E-state index in [2.05, 4.69) is 36.5 Å². The Kier molecular flexibility index (Phi) is 3.88. The Morgan fingerprint density at radius 3 is 2.73 bits per heavy atom. The van der Waals surface area contributed by atoms with E-state index in [9.17, 15) is 0 Å². The monoisotopic (exact) mass is 394 g/mol. The van der Waals surface area contributed by atoms with Gasteiger partial charge in [-0.3, -0.25) is 15.1 Å². The highest BCUT2D eigenvalue weighted by molar-refractivity contribution is 5.94. The van der Waals surface area contributed by atoms with Crippen LogP contribution in [0.2, 0.25) is 0 Å². The van der Waals surface area contributed by atoms with Gasteiger partial charge in [0.2, 0.25) is 0 Å². The molecule has 3 N–H and O–H groups in total. The molecule has 0 amide bonds. The Morgan fingerprint density at radius 2 is 1.87 bits per heavy atom. The lowest BCUT2D eigenvalue weighted by molar-refractivity contribution is 0.737. The van der Waals surface area contributed by atoms with Crippen LogP contribution in [0.4, 0.5) is 0 Å². The van der Waals surface area contributed by atoms with Crippen LogP contribution in [0.25, 0.3) is 50.4 Å². The molecule has 1 aliphatic rings. The standard InChI is InChI=1S/C22H18N8/c1-2-14(12-24-8-1)18-19-16(7-11-25-18)27-22(28-19)21-20-17(29-30-21)4-3-15(26-20)13-5-9-23-10-6-13/h1-5,7-8,11-12,23H,6,9-10H2,(H,27,28)(H,29,30). The highest BCUT2D eigenvalue weighted by atomic mass is 15.2. The maximum absolute atomic E-state index is 4.91. The summed E-state index contributed by atoms with van der Waals surface area (Å²) in [7, 11) is 0. The van der Waals surface area contributed by atoms with Crippen LogP contribution in [0, 0.1) is 0 Å². The fraction of sp³-hybridized carbons (Fsp3) is 0.136. The van der Waals surface area contributed by atoms with Gasteiger partial charge in [0, 0.05) is 30.7 Å². The lowest BCUT2D eigenvalue weighted by Gasteiger charge is -2.13. The third-order valence-electron chi connectivity index (χ3n) is 5.36. The fourth-order valence-corrected chi connectivity index (χ4v) is 3.86. The molecule has 0 bridgehead atoms. The van der Waals surface area contributed by atoms with Gasteiger partial charge in [0.1, 0.15) is 11.0 Å². The molecule has 0 spiro atoms. The van der Waals surface area contributed by atoms with Crippen LogP contribution in [0.1, 0.15) is 12.1 Å². The fourth-order valence-electron chi connectivity index (χ4n) is 3.86. The molecule has 6 rings (SSSR count). The van der Waals surface area contributed by atoms with Crippen LogP contribution in [-0.4, -0.2) is 48.2 Å². The van der Waals surface area contributed by atoms with Crippen LogP contribution in [-0.2, 0) is 0 Å². The molecule has 5 aromatic rings. The highest BCUT2D eigenvalue weighted by Gasteiger charge is 2.18. The minimum absolute atomic E-state index is 0.665. The summed E-state index contributed by atoms with van der Waals surface area (Å²) >= 11 is 0. The number of nitrogens with zero attached hydrogens (tertiary/aromatic N) is 5. The Hall–Kier alpha value is -3.91. The first-order valence-corrected chi connectivity index (χ1v) is 9.87. The number of aromatic amines is 2. The number of fused-ring (bicyclic) bond motifs is 2. The summed E-state index contributed by atoms with van der Waals surface area (Å²) in [5.41, 5.74) is 8.03. The van der Waals surface area contributed by atoms with Gasteiger partial charge in [-0.25, -0.2) is 9.97 Å². The van der Waals surface area contributed by atoms with E-state index in [1.165, 1.54) is 5.57 Å². The zero-order chi connectivity index (χ0) is 19.9. The second-order valence-corrected chi connectivity index (χ2v) is 7.23. The third kappa shape index (κ3) is 2.77. The van der Waals surface area contributed by atoms with Crippen molar-refractivity contribution in [2.45, 2.75) is 6.42 Å². The van der Waals surface area contributed by atoms with E-state index in [1.807, 2.05) is 30.3 Å². The molecule has 1 aliphatic heterocycles. The molecule has 6 heterocycles. The Labute approximate surface area is 171 Å². The number of hydrogen-bond donors (Lipinski definition) is 3. The average Bonchev–Trinajstić information content (AvgIpc) is 3.43. The lowest BCUT2D eigenvalue weighted by Crippen LogP contribution is -2.20. The molecule has 0 aliphatic carbocycles. The molecule has 8 heteroatoms. The Bertz CT molecular complexity index is 1400. The van der Waals surface area contributed by atoms with Gasteiger partial charge in [0.25, 0.3) is 0 Å². The van der Waals surface area contributed by atoms with E-state index < -0.39 is 0 Å². The molecule has 0 aromatic carbocycles. The van der Waals surface area contributed by atoms with Crippen molar-refractivity contribution in [1.29, 1.82) is 0 Å². The summed E-state index contributed by atoms with van der Waals surface area (Å²) in [6.07, 6.45) is 8.48. The number of H-pyrrole nitrogens is 2. The third-order valence-corrected chi connectivity index (χ3v) is 5.36. The van der Waals surface area contributed by atoms with Crippen molar-refractivity contribution in [3.63, 3.8) is 0 Å². The van der Waals surface area contributed by atoms with Crippen LogP contribution < -0.4 is 5.32 Å². The topological polar surface area (TPSA) is 108 Å². The first-order chi connectivity index (χ1) is 14.9. The van der Waals surface area contributed by atoms with Crippen molar-refractivity contribution < 1.29 is 0 Å². The van der Waals surface area contributed by atoms with Gasteiger partial charge < -0.3 is 10.3 Å². The Morgan fingerprint density at radius 1 is 0.900 bits per heavy atom. The van der Waals surface area contributed by atoms with E-state index in [1.54, 1.807) is 18.6 Å². The molecule has 0 unspecified atom stereocenters. The largest absolute Gasteiger partial charge is 0.336 e. The molecule has 30 heavy (non-hydrogen) atoms. The van der Waals surface area contributed by atoms with Crippen molar-refractivity contribution in [3.8, 4) is 22.8 Å². The first kappa shape index (κ1) is 17.0. The molecular formula is C22H18N8. The van der Waals surface area contributed by atoms with Gasteiger partial charge in [-0.05, 0) is 48.9 Å². The second-order valence-electron chi connectivity index (χ2n) is 7.23. The second kappa shape index (κ2) is 6.85. The van der Waals surface area contributed by atoms with Crippen molar-refractivity contribution >= 4 is 27.6 Å². The quantitative estimate of drug-likeness (QED) is 0.433. The molecule has 8 nitrogen and oxygen atoms in total. The number of aromatic nitrogens is 7. The van der Waals surface area contributed by atoms with Crippen molar-refractivity contribution in [2.24, 2.45) is 0 Å². The number of rotatable bonds is 3. The zero-order valence-corrected chi connectivity index (χ0v) is 16.1. The average molecular weight is 394 g/mol. The van der Waals surface area contributed by atoms with E-state index in [0.29, 0.717) is 11.5 Å². The minimum Gasteiger partial charge on any atom is -0.336 e. The zero-order valence-electron chi connectivity index (χ0n) is 16.1. The van der Waals surface area contributed by atoms with Gasteiger partial charge >= 0.3 is 0 Å². The molecule has 0 atom stereocenters. The number of imidazole rings is 1. The van der Waals surface area contributed by atoms with E-state index in [0.717, 1.165) is 58.5 Å². The molecular weight excluding hydrogens is 376 g/mol. The summed E-state index contributed by atoms with van der Waals surface area (Å²) in [6, 6.07) is 9.87. The molecule has 5 aromatic heterocycles. The number of pyridine rings is 3. The van der Waals surface area contributed by atoms with E-state index in [-0.39, 0.29) is 0 Å². The molecule has 0 radical (unpaired) electrons. The van der Waals surface area contributed by atoms with Gasteiger partial charge in [0.15, 0.2) is 11.5 Å². The van der Waals surface area contributed by atoms with Crippen molar-refractivity contribution in [1.82, 2.24) is 40.4 Å². The normalized spacial score (nSPS) is 14.3. The van der Waals surface area contributed by atoms with Crippen LogP contribution in [0.3, 0.4) is 0 Å². The predicted molar refractivity (Wildman–Crippen MR) is 115 cm³/mol. The molecule has 0 fully saturated rings. The summed E-state index contributed by atoms with van der Waals surface area (Å²) in [4.78, 5) is 21.9. The maximum atomic E-state index is 4.91. The van der Waals surface area contributed by atoms with Crippen molar-refractivity contribution in [2.75, 3.05) is 13.1 Å². The SMILES string of the molecule is C1=C(c2ccc3[nH]nc(-c4nc5c(-c6cccnc6)nccc5[nH]4)c3n2)CCNC1. The minimum atomic E-state index is 0.665. The van der Waals surface area contributed by atoms with Gasteiger partial charge in [-0.1, -0.05) is 6.08 Å². The van der Waals surface area contributed by atoms with E-state index in [4.69, 9.17) is 9.97 Å². The van der Waals surface area contributed by atoms with Crippen LogP contribution in [0.15, 0.2) is 55.0 Å². The first-order valence-electron chi connectivity index (χ1n) is 9.87. The number of nitrogens with one attached hydrogen (secondary N) is 3. The lowest BCUT2D eigenvalue weighted by atomic mass is 10.1. The molecule has 0 saturated carbocycles. The Balaban J connectivity index is 1.50. The van der Waals surface area contributed by atoms with Crippen LogP contribution in [0.5, 0.6) is 0 Å². The van der Waals surface area contributed by atoms with Gasteiger partial charge in [0.05, 0.1) is 22.4 Å². The number of hydrogen-bond acceptors (Lipinski definition) is 6. The molecule has 146 valence electrons. The van der Waals surface area contributed by atoms with Crippen LogP contribution >= 0.6 is 0 Å². The van der Waals surface area contributed by atoms with E-state index >= 15 is 0 Å². The summed E-state index contributed by atoms with van der Waals surface area (Å²) in [6.45, 7) is 1.85. The summed E-state index contributed by atoms with van der Waals surface area (Å²) in [5.74, 6) is 0.665. The molecule has 0 saturated heterocycles. The van der Waals surface area contributed by atoms with Gasteiger partial charge in [-0.15, -0.1) is 0 Å².